The predicted octanol–water partition coefficient (Wildman–Crippen LogP) is 0.0143. The van der Waals surface area contributed by atoms with E-state index >= 15 is 0 Å². The summed E-state index contributed by atoms with van der Waals surface area (Å²) in [6.45, 7) is 4.37. The number of nitrogens with one attached hydrogen (secondary N) is 1. The monoisotopic (exact) mass is 283 g/mol. The topological polar surface area (TPSA) is 96.6 Å². The van der Waals surface area contributed by atoms with E-state index in [1.54, 1.807) is 6.20 Å². The third kappa shape index (κ3) is 3.00. The van der Waals surface area contributed by atoms with Gasteiger partial charge in [0.2, 0.25) is 0 Å². The first-order valence-corrected chi connectivity index (χ1v) is 6.84. The van der Waals surface area contributed by atoms with E-state index in [0.29, 0.717) is 5.82 Å². The molecule has 2 heterocycles. The molecule has 0 aromatic carbocycles. The highest BCUT2D eigenvalue weighted by Crippen LogP contribution is 2.27. The third-order valence-electron chi connectivity index (χ3n) is 3.37. The molecule has 7 nitrogen and oxygen atoms in total. The number of aliphatic hydroxyl groups is 2. The Bertz CT molecular complexity index is 517. The molecule has 1 aliphatic heterocycles. The summed E-state index contributed by atoms with van der Waals surface area (Å²) in [7, 11) is 0. The Labute approximate surface area is 117 Å². The molecule has 3 atom stereocenters. The highest BCUT2D eigenvalue weighted by Gasteiger charge is 2.35. The molecule has 1 aromatic rings. The summed E-state index contributed by atoms with van der Waals surface area (Å²) in [5.74, 6) is 0.574. The molecule has 1 aromatic heterocycles. The molecule has 0 amide bonds. The standard InChI is InChI=1S/C13H21N3O4/c1-3-4-14-12-8(2)6-16(13(19)15-12)11-5-9(18)10(7-17)20-11/h6,9-11,17-18H,3-5,7H2,1-2H3,(H,14,15,19)/t9-,10+,11+/m0/s1. The van der Waals surface area contributed by atoms with Gasteiger partial charge in [-0.05, 0) is 13.3 Å². The van der Waals surface area contributed by atoms with Crippen LogP contribution in [0.25, 0.3) is 0 Å². The summed E-state index contributed by atoms with van der Waals surface area (Å²) < 4.78 is 6.83. The van der Waals surface area contributed by atoms with Crippen molar-refractivity contribution in [3.05, 3.63) is 22.2 Å². The molecule has 1 fully saturated rings. The summed E-state index contributed by atoms with van der Waals surface area (Å²) in [6.07, 6.45) is 0.889. The number of anilines is 1. The van der Waals surface area contributed by atoms with Crippen LogP contribution in [0.3, 0.4) is 0 Å². The highest BCUT2D eigenvalue weighted by molar-refractivity contribution is 5.41. The molecule has 0 radical (unpaired) electrons. The molecule has 1 aliphatic rings. The van der Waals surface area contributed by atoms with Crippen LogP contribution in [-0.2, 0) is 4.74 Å². The number of ether oxygens (including phenoxy) is 1. The summed E-state index contributed by atoms with van der Waals surface area (Å²) in [5.41, 5.74) is 0.411. The molecule has 0 bridgehead atoms. The highest BCUT2D eigenvalue weighted by atomic mass is 16.5. The zero-order valence-corrected chi connectivity index (χ0v) is 11.7. The Hall–Kier alpha value is -1.44. The Kier molecular flexibility index (Phi) is 4.74. The largest absolute Gasteiger partial charge is 0.394 e. The Morgan fingerprint density at radius 2 is 2.35 bits per heavy atom. The minimum atomic E-state index is -0.768. The van der Waals surface area contributed by atoms with E-state index in [-0.39, 0.29) is 13.0 Å². The van der Waals surface area contributed by atoms with E-state index in [1.807, 2.05) is 13.8 Å². The number of aryl methyl sites for hydroxylation is 1. The molecule has 2 rings (SSSR count). The molecule has 20 heavy (non-hydrogen) atoms. The van der Waals surface area contributed by atoms with E-state index in [9.17, 15) is 9.90 Å². The molecule has 112 valence electrons. The van der Waals surface area contributed by atoms with E-state index in [4.69, 9.17) is 9.84 Å². The summed E-state index contributed by atoms with van der Waals surface area (Å²) in [4.78, 5) is 16.0. The van der Waals surface area contributed by atoms with Crippen LogP contribution in [-0.4, -0.2) is 45.1 Å². The van der Waals surface area contributed by atoms with Crippen LogP contribution in [0.4, 0.5) is 5.82 Å². The van der Waals surface area contributed by atoms with Crippen LogP contribution in [0.2, 0.25) is 0 Å². The lowest BCUT2D eigenvalue weighted by Gasteiger charge is -2.16. The molecular formula is C13H21N3O4. The summed E-state index contributed by atoms with van der Waals surface area (Å²) in [5, 5.41) is 21.9. The molecule has 3 N–H and O–H groups in total. The fourth-order valence-corrected chi connectivity index (χ4v) is 2.25. The van der Waals surface area contributed by atoms with Gasteiger partial charge in [0.1, 0.15) is 18.1 Å². The number of rotatable bonds is 5. The van der Waals surface area contributed by atoms with Crippen molar-refractivity contribution in [3.63, 3.8) is 0 Å². The van der Waals surface area contributed by atoms with Crippen molar-refractivity contribution in [3.8, 4) is 0 Å². The maximum Gasteiger partial charge on any atom is 0.351 e. The van der Waals surface area contributed by atoms with Crippen LogP contribution in [0.15, 0.2) is 11.0 Å². The first kappa shape index (κ1) is 15.0. The molecule has 0 unspecified atom stereocenters. The third-order valence-corrected chi connectivity index (χ3v) is 3.37. The predicted molar refractivity (Wildman–Crippen MR) is 73.6 cm³/mol. The van der Waals surface area contributed by atoms with Crippen LogP contribution in [0.1, 0.15) is 31.6 Å². The molecular weight excluding hydrogens is 262 g/mol. The van der Waals surface area contributed by atoms with Gasteiger partial charge < -0.3 is 20.3 Å². The van der Waals surface area contributed by atoms with Crippen molar-refractivity contribution in [2.24, 2.45) is 0 Å². The van der Waals surface area contributed by atoms with Crippen molar-refractivity contribution >= 4 is 5.82 Å². The SMILES string of the molecule is CCCNc1nc(=O)n([C@H]2C[C@H](O)[C@@H](CO)O2)cc1C. The minimum absolute atomic E-state index is 0.269. The van der Waals surface area contributed by atoms with Gasteiger partial charge >= 0.3 is 5.69 Å². The maximum atomic E-state index is 12.0. The van der Waals surface area contributed by atoms with Crippen LogP contribution in [0, 0.1) is 6.92 Å². The van der Waals surface area contributed by atoms with Gasteiger partial charge in [-0.2, -0.15) is 4.98 Å². The van der Waals surface area contributed by atoms with Crippen LogP contribution in [0.5, 0.6) is 0 Å². The fraction of sp³-hybridized carbons (Fsp3) is 0.692. The van der Waals surface area contributed by atoms with Crippen molar-refractivity contribution in [1.29, 1.82) is 0 Å². The van der Waals surface area contributed by atoms with Crippen LogP contribution >= 0.6 is 0 Å². The normalized spacial score (nSPS) is 25.9. The zero-order chi connectivity index (χ0) is 14.7. The average Bonchev–Trinajstić information content (AvgIpc) is 2.80. The van der Waals surface area contributed by atoms with E-state index in [2.05, 4.69) is 10.3 Å². The van der Waals surface area contributed by atoms with Gasteiger partial charge in [-0.1, -0.05) is 6.92 Å². The van der Waals surface area contributed by atoms with Gasteiger partial charge in [0, 0.05) is 24.7 Å². The number of hydrogen-bond acceptors (Lipinski definition) is 6. The molecule has 0 aliphatic carbocycles. The number of aromatic nitrogens is 2. The molecule has 7 heteroatoms. The number of hydrogen-bond donors (Lipinski definition) is 3. The van der Waals surface area contributed by atoms with Gasteiger partial charge in [0.05, 0.1) is 12.7 Å². The van der Waals surface area contributed by atoms with Crippen molar-refractivity contribution in [2.45, 2.75) is 45.1 Å². The van der Waals surface area contributed by atoms with Crippen LogP contribution < -0.4 is 11.0 Å². The second kappa shape index (κ2) is 6.34. The first-order chi connectivity index (χ1) is 9.56. The lowest BCUT2D eigenvalue weighted by molar-refractivity contribution is -0.0459. The average molecular weight is 283 g/mol. The number of aliphatic hydroxyl groups excluding tert-OH is 2. The minimum Gasteiger partial charge on any atom is -0.394 e. The van der Waals surface area contributed by atoms with Crippen molar-refractivity contribution in [1.82, 2.24) is 9.55 Å². The molecule has 0 saturated carbocycles. The molecule has 0 spiro atoms. The smallest absolute Gasteiger partial charge is 0.351 e. The van der Waals surface area contributed by atoms with Gasteiger partial charge in [-0.3, -0.25) is 4.57 Å². The Morgan fingerprint density at radius 3 is 2.95 bits per heavy atom. The molecule has 1 saturated heterocycles. The van der Waals surface area contributed by atoms with Gasteiger partial charge in [-0.25, -0.2) is 4.79 Å². The maximum absolute atomic E-state index is 12.0. The van der Waals surface area contributed by atoms with Crippen molar-refractivity contribution < 1.29 is 14.9 Å². The van der Waals surface area contributed by atoms with E-state index in [0.717, 1.165) is 18.5 Å². The lowest BCUT2D eigenvalue weighted by atomic mass is 10.2. The van der Waals surface area contributed by atoms with Gasteiger partial charge in [0.15, 0.2) is 0 Å². The summed E-state index contributed by atoms with van der Waals surface area (Å²) >= 11 is 0. The summed E-state index contributed by atoms with van der Waals surface area (Å²) in [6, 6.07) is 0. The lowest BCUT2D eigenvalue weighted by Crippen LogP contribution is -2.29. The van der Waals surface area contributed by atoms with E-state index < -0.39 is 24.1 Å². The second-order valence-electron chi connectivity index (χ2n) is 5.00. The van der Waals surface area contributed by atoms with Gasteiger partial charge in [-0.15, -0.1) is 0 Å². The second-order valence-corrected chi connectivity index (χ2v) is 5.00. The Balaban J connectivity index is 2.21. The fourth-order valence-electron chi connectivity index (χ4n) is 2.25. The van der Waals surface area contributed by atoms with Crippen molar-refractivity contribution in [2.75, 3.05) is 18.5 Å². The Morgan fingerprint density at radius 1 is 1.60 bits per heavy atom. The number of nitrogens with zero attached hydrogens (tertiary/aromatic N) is 2. The van der Waals surface area contributed by atoms with E-state index in [1.165, 1.54) is 4.57 Å². The quantitative estimate of drug-likeness (QED) is 0.704. The zero-order valence-electron chi connectivity index (χ0n) is 11.7. The first-order valence-electron chi connectivity index (χ1n) is 6.84. The van der Waals surface area contributed by atoms with Gasteiger partial charge in [0.25, 0.3) is 0 Å².